The van der Waals surface area contributed by atoms with Crippen molar-refractivity contribution in [2.45, 2.75) is 12.7 Å². The van der Waals surface area contributed by atoms with Crippen molar-refractivity contribution in [1.29, 1.82) is 0 Å². The van der Waals surface area contributed by atoms with Crippen LogP contribution < -0.4 is 15.4 Å². The standard InChI is InChI=1S/C20H19ClN4O2/c1-27-16-4-2-3-14(9-16)17-10-18-20(26)23-12-19(25(18)24-17)22-11-13-5-7-15(21)8-6-13/h2-10,19,22H,11-12H2,1H3,(H,23,26)/t19-/m0/s1. The SMILES string of the molecule is COc1cccc(-c2cc3n(n2)[C@H](NCc2ccc(Cl)cc2)CNC3=O)c1. The molecule has 0 unspecified atom stereocenters. The van der Waals surface area contributed by atoms with E-state index in [-0.39, 0.29) is 12.1 Å². The fourth-order valence-electron chi connectivity index (χ4n) is 3.09. The Balaban J connectivity index is 1.59. The van der Waals surface area contributed by atoms with Crippen LogP contribution in [0.2, 0.25) is 5.02 Å². The highest BCUT2D eigenvalue weighted by molar-refractivity contribution is 6.30. The molecule has 2 aromatic carbocycles. The minimum Gasteiger partial charge on any atom is -0.497 e. The average molecular weight is 383 g/mol. The fourth-order valence-corrected chi connectivity index (χ4v) is 3.21. The topological polar surface area (TPSA) is 68.2 Å². The van der Waals surface area contributed by atoms with Crippen molar-refractivity contribution in [3.05, 3.63) is 70.9 Å². The maximum Gasteiger partial charge on any atom is 0.269 e. The highest BCUT2D eigenvalue weighted by atomic mass is 35.5. The Kier molecular flexibility index (Phi) is 4.83. The van der Waals surface area contributed by atoms with Gasteiger partial charge >= 0.3 is 0 Å². The first kappa shape index (κ1) is 17.6. The maximum atomic E-state index is 12.3. The molecule has 7 heteroatoms. The zero-order valence-electron chi connectivity index (χ0n) is 14.8. The normalized spacial score (nSPS) is 15.9. The number of benzene rings is 2. The predicted molar refractivity (Wildman–Crippen MR) is 104 cm³/mol. The van der Waals surface area contributed by atoms with Gasteiger partial charge in [-0.25, -0.2) is 4.68 Å². The number of hydrogen-bond acceptors (Lipinski definition) is 4. The Morgan fingerprint density at radius 2 is 2.07 bits per heavy atom. The van der Waals surface area contributed by atoms with Crippen LogP contribution in [0, 0.1) is 0 Å². The molecule has 1 aliphatic heterocycles. The lowest BCUT2D eigenvalue weighted by molar-refractivity contribution is 0.0900. The van der Waals surface area contributed by atoms with Crippen molar-refractivity contribution in [2.24, 2.45) is 0 Å². The van der Waals surface area contributed by atoms with E-state index in [0.29, 0.717) is 23.8 Å². The van der Waals surface area contributed by atoms with E-state index in [1.807, 2.05) is 48.5 Å². The molecule has 1 aliphatic rings. The van der Waals surface area contributed by atoms with Gasteiger partial charge in [0.15, 0.2) is 0 Å². The van der Waals surface area contributed by atoms with E-state index < -0.39 is 0 Å². The molecular weight excluding hydrogens is 364 g/mol. The van der Waals surface area contributed by atoms with Crippen LogP contribution in [0.5, 0.6) is 5.75 Å². The van der Waals surface area contributed by atoms with Crippen molar-refractivity contribution in [2.75, 3.05) is 13.7 Å². The van der Waals surface area contributed by atoms with Crippen LogP contribution in [-0.2, 0) is 6.54 Å². The summed E-state index contributed by atoms with van der Waals surface area (Å²) in [5.74, 6) is 0.626. The first-order chi connectivity index (χ1) is 13.1. The molecule has 2 heterocycles. The third kappa shape index (κ3) is 3.67. The number of hydrogen-bond donors (Lipinski definition) is 2. The van der Waals surface area contributed by atoms with E-state index in [2.05, 4.69) is 15.7 Å². The number of aromatic nitrogens is 2. The van der Waals surface area contributed by atoms with Gasteiger partial charge in [0.05, 0.1) is 19.3 Å². The third-order valence-electron chi connectivity index (χ3n) is 4.54. The summed E-state index contributed by atoms with van der Waals surface area (Å²) in [4.78, 5) is 12.3. The number of carbonyl (C=O) groups excluding carboxylic acids is 1. The van der Waals surface area contributed by atoms with Crippen molar-refractivity contribution in [1.82, 2.24) is 20.4 Å². The lowest BCUT2D eigenvalue weighted by Crippen LogP contribution is -2.45. The minimum atomic E-state index is -0.132. The zero-order valence-corrected chi connectivity index (χ0v) is 15.5. The third-order valence-corrected chi connectivity index (χ3v) is 4.79. The number of carbonyl (C=O) groups is 1. The lowest BCUT2D eigenvalue weighted by Gasteiger charge is -2.25. The van der Waals surface area contributed by atoms with E-state index in [9.17, 15) is 4.79 Å². The molecule has 4 rings (SSSR count). The summed E-state index contributed by atoms with van der Waals surface area (Å²) in [6.45, 7) is 1.12. The maximum absolute atomic E-state index is 12.3. The molecule has 1 atom stereocenters. The van der Waals surface area contributed by atoms with Gasteiger partial charge in [-0.15, -0.1) is 0 Å². The van der Waals surface area contributed by atoms with Crippen molar-refractivity contribution >= 4 is 17.5 Å². The lowest BCUT2D eigenvalue weighted by atomic mass is 10.1. The second kappa shape index (κ2) is 7.42. The van der Waals surface area contributed by atoms with Crippen LogP contribution in [0.4, 0.5) is 0 Å². The van der Waals surface area contributed by atoms with Gasteiger partial charge in [-0.05, 0) is 35.9 Å². The minimum absolute atomic E-state index is 0.124. The van der Waals surface area contributed by atoms with Gasteiger partial charge in [0.2, 0.25) is 0 Å². The van der Waals surface area contributed by atoms with Crippen LogP contribution in [0.25, 0.3) is 11.3 Å². The van der Waals surface area contributed by atoms with Gasteiger partial charge in [-0.2, -0.15) is 5.10 Å². The molecule has 2 N–H and O–H groups in total. The van der Waals surface area contributed by atoms with Gasteiger partial charge in [-0.3, -0.25) is 10.1 Å². The van der Waals surface area contributed by atoms with Crippen LogP contribution in [0.15, 0.2) is 54.6 Å². The highest BCUT2D eigenvalue weighted by Gasteiger charge is 2.27. The first-order valence-electron chi connectivity index (χ1n) is 8.64. The number of fused-ring (bicyclic) bond motifs is 1. The van der Waals surface area contributed by atoms with E-state index in [4.69, 9.17) is 16.3 Å². The van der Waals surface area contributed by atoms with Crippen LogP contribution in [0.1, 0.15) is 22.2 Å². The van der Waals surface area contributed by atoms with Gasteiger partial charge < -0.3 is 10.1 Å². The van der Waals surface area contributed by atoms with Crippen LogP contribution >= 0.6 is 11.6 Å². The van der Waals surface area contributed by atoms with E-state index in [1.54, 1.807) is 17.9 Å². The van der Waals surface area contributed by atoms with Gasteiger partial charge in [0.25, 0.3) is 5.91 Å². The number of ether oxygens (including phenoxy) is 1. The van der Waals surface area contributed by atoms with E-state index in [0.717, 1.165) is 22.6 Å². The Morgan fingerprint density at radius 3 is 2.85 bits per heavy atom. The quantitative estimate of drug-likeness (QED) is 0.710. The summed E-state index contributed by atoms with van der Waals surface area (Å²) >= 11 is 5.94. The molecule has 6 nitrogen and oxygen atoms in total. The molecule has 1 aromatic heterocycles. The Morgan fingerprint density at radius 1 is 1.26 bits per heavy atom. The Labute approximate surface area is 162 Å². The second-order valence-corrected chi connectivity index (χ2v) is 6.76. The molecule has 0 fully saturated rings. The second-order valence-electron chi connectivity index (χ2n) is 6.32. The Bertz CT molecular complexity index is 968. The molecule has 0 saturated carbocycles. The summed E-state index contributed by atoms with van der Waals surface area (Å²) < 4.78 is 7.03. The summed E-state index contributed by atoms with van der Waals surface area (Å²) in [7, 11) is 1.63. The Hall–Kier alpha value is -2.83. The molecule has 1 amide bonds. The van der Waals surface area contributed by atoms with Gasteiger partial charge in [0, 0.05) is 17.1 Å². The molecule has 0 aliphatic carbocycles. The smallest absolute Gasteiger partial charge is 0.269 e. The number of halogens is 1. The predicted octanol–water partition coefficient (Wildman–Crippen LogP) is 3.24. The molecule has 0 radical (unpaired) electrons. The van der Waals surface area contributed by atoms with Gasteiger partial charge in [0.1, 0.15) is 17.6 Å². The first-order valence-corrected chi connectivity index (χ1v) is 9.02. The molecule has 0 spiro atoms. The van der Waals surface area contributed by atoms with E-state index in [1.165, 1.54) is 0 Å². The monoisotopic (exact) mass is 382 g/mol. The number of nitrogens with one attached hydrogen (secondary N) is 2. The molecule has 138 valence electrons. The molecular formula is C20H19ClN4O2. The van der Waals surface area contributed by atoms with Crippen LogP contribution in [-0.4, -0.2) is 29.3 Å². The molecule has 27 heavy (non-hydrogen) atoms. The molecule has 3 aromatic rings. The number of methoxy groups -OCH3 is 1. The number of amides is 1. The fraction of sp³-hybridized carbons (Fsp3) is 0.200. The van der Waals surface area contributed by atoms with Crippen molar-refractivity contribution in [3.8, 4) is 17.0 Å². The summed E-state index contributed by atoms with van der Waals surface area (Å²) in [5.41, 5.74) is 3.28. The number of nitrogens with zero attached hydrogens (tertiary/aromatic N) is 2. The van der Waals surface area contributed by atoms with Gasteiger partial charge in [-0.1, -0.05) is 35.9 Å². The summed E-state index contributed by atoms with van der Waals surface area (Å²) in [6, 6.07) is 17.1. The average Bonchev–Trinajstić information content (AvgIpc) is 3.15. The van der Waals surface area contributed by atoms with Crippen molar-refractivity contribution < 1.29 is 9.53 Å². The summed E-state index contributed by atoms with van der Waals surface area (Å²) in [6.07, 6.45) is -0.132. The molecule has 0 bridgehead atoms. The number of rotatable bonds is 5. The molecule has 0 saturated heterocycles. The highest BCUT2D eigenvalue weighted by Crippen LogP contribution is 2.26. The zero-order chi connectivity index (χ0) is 18.8. The van der Waals surface area contributed by atoms with E-state index >= 15 is 0 Å². The largest absolute Gasteiger partial charge is 0.497 e. The van der Waals surface area contributed by atoms with Crippen LogP contribution in [0.3, 0.4) is 0 Å². The van der Waals surface area contributed by atoms with Crippen molar-refractivity contribution in [3.63, 3.8) is 0 Å². The summed E-state index contributed by atoms with van der Waals surface area (Å²) in [5, 5.41) is 11.7.